The molecule has 0 aliphatic carbocycles. The van der Waals surface area contributed by atoms with Gasteiger partial charge in [-0.1, -0.05) is 12.1 Å². The number of nitrogens with zero attached hydrogens (tertiary/aromatic N) is 2. The fourth-order valence-electron chi connectivity index (χ4n) is 3.32. The molecule has 0 radical (unpaired) electrons. The maximum absolute atomic E-state index is 12.9. The standard InChI is InChI=1S/C20H17F3IN3/c21-20(22,23)14-6-10-16(11-7-14)27-19-17(3-1-2-12-25-19)18(26-27)13-4-8-15(24)9-5-13/h4-11,25H,1-3,12H2. The highest BCUT2D eigenvalue weighted by molar-refractivity contribution is 14.1. The first kappa shape index (κ1) is 18.3. The molecule has 0 fully saturated rings. The van der Waals surface area contributed by atoms with E-state index in [9.17, 15) is 13.2 Å². The number of benzene rings is 2. The van der Waals surface area contributed by atoms with Crippen molar-refractivity contribution in [1.82, 2.24) is 9.78 Å². The second-order valence-corrected chi connectivity index (χ2v) is 7.77. The second-order valence-electron chi connectivity index (χ2n) is 6.52. The molecule has 1 aliphatic heterocycles. The van der Waals surface area contributed by atoms with Gasteiger partial charge in [0.15, 0.2) is 0 Å². The Kier molecular flexibility index (Phi) is 4.88. The summed E-state index contributed by atoms with van der Waals surface area (Å²) in [6.45, 7) is 0.825. The molecular weight excluding hydrogens is 466 g/mol. The van der Waals surface area contributed by atoms with Crippen molar-refractivity contribution in [2.75, 3.05) is 11.9 Å². The van der Waals surface area contributed by atoms with Crippen molar-refractivity contribution in [1.29, 1.82) is 0 Å². The molecule has 2 aromatic carbocycles. The van der Waals surface area contributed by atoms with Crippen molar-refractivity contribution in [2.24, 2.45) is 0 Å². The first-order valence-corrected chi connectivity index (χ1v) is 9.81. The molecule has 0 atom stereocenters. The molecule has 2 heterocycles. The van der Waals surface area contributed by atoms with E-state index in [0.717, 1.165) is 64.1 Å². The second kappa shape index (κ2) is 7.18. The van der Waals surface area contributed by atoms with Crippen LogP contribution in [0.5, 0.6) is 0 Å². The van der Waals surface area contributed by atoms with Crippen LogP contribution in [0, 0.1) is 3.57 Å². The van der Waals surface area contributed by atoms with E-state index < -0.39 is 11.7 Å². The normalized spacial score (nSPS) is 14.4. The average Bonchev–Trinajstić information content (AvgIpc) is 2.83. The molecule has 1 N–H and O–H groups in total. The Hall–Kier alpha value is -2.03. The van der Waals surface area contributed by atoms with E-state index >= 15 is 0 Å². The smallest absolute Gasteiger partial charge is 0.370 e. The van der Waals surface area contributed by atoms with Crippen LogP contribution in [0.3, 0.4) is 0 Å². The fourth-order valence-corrected chi connectivity index (χ4v) is 3.68. The van der Waals surface area contributed by atoms with Crippen molar-refractivity contribution in [2.45, 2.75) is 25.4 Å². The van der Waals surface area contributed by atoms with Crippen LogP contribution in [0.2, 0.25) is 0 Å². The number of rotatable bonds is 2. The molecule has 0 saturated heterocycles. The average molecular weight is 483 g/mol. The van der Waals surface area contributed by atoms with E-state index in [0.29, 0.717) is 5.69 Å². The van der Waals surface area contributed by atoms with E-state index in [2.05, 4.69) is 27.9 Å². The molecule has 0 saturated carbocycles. The first-order chi connectivity index (χ1) is 12.9. The molecule has 4 rings (SSSR count). The molecule has 1 aliphatic rings. The summed E-state index contributed by atoms with van der Waals surface area (Å²) in [5.74, 6) is 0.876. The van der Waals surface area contributed by atoms with Gasteiger partial charge < -0.3 is 5.32 Å². The van der Waals surface area contributed by atoms with Crippen LogP contribution in [0.25, 0.3) is 16.9 Å². The SMILES string of the molecule is FC(F)(F)c1ccc(-n2nc(-c3ccc(I)cc3)c3c2NCCCC3)cc1. The van der Waals surface area contributed by atoms with E-state index in [1.54, 1.807) is 4.68 Å². The highest BCUT2D eigenvalue weighted by Crippen LogP contribution is 2.35. The van der Waals surface area contributed by atoms with Crippen LogP contribution >= 0.6 is 22.6 Å². The van der Waals surface area contributed by atoms with Gasteiger partial charge in [-0.15, -0.1) is 0 Å². The number of nitrogens with one attached hydrogen (secondary N) is 1. The molecular formula is C20H17F3IN3. The fraction of sp³-hybridized carbons (Fsp3) is 0.250. The minimum atomic E-state index is -4.34. The quantitative estimate of drug-likeness (QED) is 0.460. The maximum atomic E-state index is 12.9. The summed E-state index contributed by atoms with van der Waals surface area (Å²) in [6, 6.07) is 13.3. The minimum absolute atomic E-state index is 0.616. The maximum Gasteiger partial charge on any atom is 0.416 e. The van der Waals surface area contributed by atoms with Crippen molar-refractivity contribution >= 4 is 28.4 Å². The topological polar surface area (TPSA) is 29.9 Å². The monoisotopic (exact) mass is 483 g/mol. The Morgan fingerprint density at radius 3 is 2.33 bits per heavy atom. The third-order valence-electron chi connectivity index (χ3n) is 4.69. The summed E-state index contributed by atoms with van der Waals surface area (Å²) in [5, 5.41) is 8.18. The van der Waals surface area contributed by atoms with Crippen molar-refractivity contribution in [3.63, 3.8) is 0 Å². The van der Waals surface area contributed by atoms with Crippen LogP contribution < -0.4 is 5.32 Å². The number of fused-ring (bicyclic) bond motifs is 1. The van der Waals surface area contributed by atoms with E-state index in [1.807, 2.05) is 24.3 Å². The Morgan fingerprint density at radius 1 is 0.963 bits per heavy atom. The van der Waals surface area contributed by atoms with Crippen molar-refractivity contribution in [3.8, 4) is 16.9 Å². The Labute approximate surface area is 168 Å². The predicted octanol–water partition coefficient (Wildman–Crippen LogP) is 5.91. The van der Waals surface area contributed by atoms with Gasteiger partial charge in [-0.2, -0.15) is 18.3 Å². The third-order valence-corrected chi connectivity index (χ3v) is 5.41. The summed E-state index contributed by atoms with van der Waals surface area (Å²) in [4.78, 5) is 0. The van der Waals surface area contributed by atoms with Gasteiger partial charge in [-0.05, 0) is 78.3 Å². The number of hydrogen-bond acceptors (Lipinski definition) is 2. The summed E-state index contributed by atoms with van der Waals surface area (Å²) < 4.78 is 41.5. The van der Waals surface area contributed by atoms with Gasteiger partial charge in [0.05, 0.1) is 16.9 Å². The van der Waals surface area contributed by atoms with Gasteiger partial charge >= 0.3 is 6.18 Å². The number of aromatic nitrogens is 2. The Morgan fingerprint density at radius 2 is 1.67 bits per heavy atom. The van der Waals surface area contributed by atoms with Gasteiger partial charge in [0.1, 0.15) is 5.82 Å². The van der Waals surface area contributed by atoms with Gasteiger partial charge in [0.25, 0.3) is 0 Å². The van der Waals surface area contributed by atoms with Gasteiger partial charge in [0, 0.05) is 21.2 Å². The summed E-state index contributed by atoms with van der Waals surface area (Å²) in [7, 11) is 0. The Balaban J connectivity index is 1.82. The molecule has 0 unspecified atom stereocenters. The molecule has 140 valence electrons. The lowest BCUT2D eigenvalue weighted by molar-refractivity contribution is -0.137. The highest BCUT2D eigenvalue weighted by atomic mass is 127. The lowest BCUT2D eigenvalue weighted by atomic mass is 10.0. The lowest BCUT2D eigenvalue weighted by Gasteiger charge is -2.11. The number of alkyl halides is 3. The van der Waals surface area contributed by atoms with Crippen LogP contribution in [-0.2, 0) is 12.6 Å². The zero-order valence-corrected chi connectivity index (χ0v) is 16.5. The van der Waals surface area contributed by atoms with Crippen molar-refractivity contribution in [3.05, 3.63) is 63.2 Å². The zero-order valence-electron chi connectivity index (χ0n) is 14.4. The molecule has 7 heteroatoms. The molecule has 27 heavy (non-hydrogen) atoms. The first-order valence-electron chi connectivity index (χ1n) is 8.73. The number of hydrogen-bond donors (Lipinski definition) is 1. The van der Waals surface area contributed by atoms with Crippen molar-refractivity contribution < 1.29 is 13.2 Å². The van der Waals surface area contributed by atoms with Gasteiger partial charge in [-0.3, -0.25) is 0 Å². The zero-order chi connectivity index (χ0) is 19.0. The lowest BCUT2D eigenvalue weighted by Crippen LogP contribution is -2.08. The van der Waals surface area contributed by atoms with E-state index in [1.165, 1.54) is 12.1 Å². The number of halogens is 4. The van der Waals surface area contributed by atoms with Gasteiger partial charge in [0.2, 0.25) is 0 Å². The molecule has 0 spiro atoms. The predicted molar refractivity (Wildman–Crippen MR) is 108 cm³/mol. The molecule has 1 aromatic heterocycles. The summed E-state index contributed by atoms with van der Waals surface area (Å²) >= 11 is 2.26. The minimum Gasteiger partial charge on any atom is -0.370 e. The molecule has 3 nitrogen and oxygen atoms in total. The number of anilines is 1. The molecule has 0 amide bonds. The van der Waals surface area contributed by atoms with Crippen LogP contribution in [-0.4, -0.2) is 16.3 Å². The summed E-state index contributed by atoms with van der Waals surface area (Å²) in [6.07, 6.45) is -1.35. The third kappa shape index (κ3) is 3.69. The van der Waals surface area contributed by atoms with Crippen LogP contribution in [0.15, 0.2) is 48.5 Å². The largest absolute Gasteiger partial charge is 0.416 e. The molecule has 0 bridgehead atoms. The van der Waals surface area contributed by atoms with E-state index in [4.69, 9.17) is 5.10 Å². The Bertz CT molecular complexity index is 944. The van der Waals surface area contributed by atoms with Crippen LogP contribution in [0.4, 0.5) is 19.0 Å². The van der Waals surface area contributed by atoms with Crippen LogP contribution in [0.1, 0.15) is 24.0 Å². The molecule has 3 aromatic rings. The summed E-state index contributed by atoms with van der Waals surface area (Å²) in [5.41, 5.74) is 2.98. The van der Waals surface area contributed by atoms with Gasteiger partial charge in [-0.25, -0.2) is 4.68 Å². The highest BCUT2D eigenvalue weighted by Gasteiger charge is 2.30. The van der Waals surface area contributed by atoms with E-state index in [-0.39, 0.29) is 0 Å².